The molecular weight excluding hydrogens is 530 g/mol. The molecule has 21 heavy (non-hydrogen) atoms. The second-order valence-corrected chi connectivity index (χ2v) is 7.85. The highest BCUT2D eigenvalue weighted by Gasteiger charge is 2.28. The molecule has 0 saturated carbocycles. The lowest BCUT2D eigenvalue weighted by Crippen LogP contribution is -2.12. The fraction of sp³-hybridized carbons (Fsp3) is 0.133. The second-order valence-electron chi connectivity index (χ2n) is 4.68. The van der Waals surface area contributed by atoms with Gasteiger partial charge in [-0.1, -0.05) is 30.3 Å². The second kappa shape index (κ2) is 6.24. The van der Waals surface area contributed by atoms with Crippen molar-refractivity contribution in [2.45, 2.75) is 12.5 Å². The topological polar surface area (TPSA) is 32.6 Å². The summed E-state index contributed by atoms with van der Waals surface area (Å²) in [5.74, 6) is 0. The molecule has 108 valence electrons. The van der Waals surface area contributed by atoms with E-state index < -0.39 is 6.10 Å². The van der Waals surface area contributed by atoms with Crippen molar-refractivity contribution in [2.75, 3.05) is 0 Å². The number of aliphatic imine (C=N–C) groups is 1. The summed E-state index contributed by atoms with van der Waals surface area (Å²) in [5.41, 5.74) is 3.54. The quantitative estimate of drug-likeness (QED) is 0.364. The van der Waals surface area contributed by atoms with Gasteiger partial charge in [-0.25, -0.2) is 0 Å². The molecule has 0 bridgehead atoms. The van der Waals surface area contributed by atoms with Crippen molar-refractivity contribution in [2.24, 2.45) is 4.99 Å². The molecule has 1 N–H and O–H groups in total. The van der Waals surface area contributed by atoms with Crippen molar-refractivity contribution >= 4 is 75.1 Å². The Balaban J connectivity index is 2.03. The Labute approximate surface area is 156 Å². The van der Waals surface area contributed by atoms with Crippen molar-refractivity contribution < 1.29 is 5.11 Å². The summed E-state index contributed by atoms with van der Waals surface area (Å²) in [6.45, 7) is 0. The number of hydrogen-bond acceptors (Lipinski definition) is 2. The van der Waals surface area contributed by atoms with Crippen LogP contribution in [0.25, 0.3) is 0 Å². The number of halogens is 4. The first kappa shape index (κ1) is 15.9. The van der Waals surface area contributed by atoms with Gasteiger partial charge in [0.25, 0.3) is 0 Å². The summed E-state index contributed by atoms with van der Waals surface area (Å²) >= 11 is 14.2. The van der Waals surface area contributed by atoms with Crippen LogP contribution in [0.3, 0.4) is 0 Å². The van der Waals surface area contributed by atoms with Gasteiger partial charge in [0.1, 0.15) is 6.10 Å². The third-order valence-corrected chi connectivity index (χ3v) is 8.21. The van der Waals surface area contributed by atoms with Crippen LogP contribution >= 0.6 is 63.7 Å². The van der Waals surface area contributed by atoms with Gasteiger partial charge < -0.3 is 5.11 Å². The first-order chi connectivity index (χ1) is 10.0. The predicted molar refractivity (Wildman–Crippen MR) is 99.4 cm³/mol. The molecule has 3 rings (SSSR count). The molecule has 2 aromatic rings. The summed E-state index contributed by atoms with van der Waals surface area (Å²) in [6.07, 6.45) is -0.0637. The van der Waals surface area contributed by atoms with Crippen LogP contribution in [-0.2, 0) is 6.42 Å². The highest BCUT2D eigenvalue weighted by Crippen LogP contribution is 2.49. The van der Waals surface area contributed by atoms with Gasteiger partial charge in [0.05, 0.1) is 15.9 Å². The Morgan fingerprint density at radius 1 is 0.905 bits per heavy atom. The molecule has 6 heteroatoms. The van der Waals surface area contributed by atoms with Crippen molar-refractivity contribution in [3.63, 3.8) is 0 Å². The minimum Gasteiger partial charge on any atom is -0.382 e. The maximum atomic E-state index is 10.5. The van der Waals surface area contributed by atoms with Gasteiger partial charge in [0, 0.05) is 25.4 Å². The Morgan fingerprint density at radius 2 is 1.52 bits per heavy atom. The minimum atomic E-state index is -0.685. The van der Waals surface area contributed by atoms with Crippen LogP contribution in [0.5, 0.6) is 0 Å². The van der Waals surface area contributed by atoms with E-state index in [2.05, 4.69) is 68.7 Å². The molecule has 1 aliphatic rings. The Morgan fingerprint density at radius 3 is 2.19 bits per heavy atom. The molecule has 1 atom stereocenters. The van der Waals surface area contributed by atoms with Crippen molar-refractivity contribution in [1.82, 2.24) is 0 Å². The van der Waals surface area contributed by atoms with Gasteiger partial charge in [-0.3, -0.25) is 4.99 Å². The predicted octanol–water partition coefficient (Wildman–Crippen LogP) is 6.10. The van der Waals surface area contributed by atoms with Crippen molar-refractivity contribution in [1.29, 1.82) is 0 Å². The Kier molecular flexibility index (Phi) is 4.72. The number of fused-ring (bicyclic) bond motifs is 1. The molecule has 1 unspecified atom stereocenters. The maximum Gasteiger partial charge on any atom is 0.117 e. The zero-order chi connectivity index (χ0) is 15.1. The van der Waals surface area contributed by atoms with Crippen LogP contribution in [0.4, 0.5) is 5.69 Å². The largest absolute Gasteiger partial charge is 0.382 e. The molecule has 0 radical (unpaired) electrons. The monoisotopic (exact) mass is 535 g/mol. The number of nitrogens with zero attached hydrogens (tertiary/aromatic N) is 1. The van der Waals surface area contributed by atoms with E-state index in [4.69, 9.17) is 0 Å². The molecule has 0 amide bonds. The summed E-state index contributed by atoms with van der Waals surface area (Å²) in [6, 6.07) is 9.58. The van der Waals surface area contributed by atoms with Gasteiger partial charge >= 0.3 is 0 Å². The van der Waals surface area contributed by atoms with E-state index in [-0.39, 0.29) is 0 Å². The van der Waals surface area contributed by atoms with Gasteiger partial charge in [-0.2, -0.15) is 0 Å². The number of hydrogen-bond donors (Lipinski definition) is 1. The van der Waals surface area contributed by atoms with E-state index >= 15 is 0 Å². The van der Waals surface area contributed by atoms with E-state index in [1.165, 1.54) is 0 Å². The standard InChI is InChI=1S/C15H9Br4NO/c16-10-8-6-9(15(21)7-4-2-1-3-5-7)20-14(8)13(19)12(18)11(10)17/h1-5,15,21H,6H2. The van der Waals surface area contributed by atoms with E-state index in [0.29, 0.717) is 6.42 Å². The average Bonchev–Trinajstić information content (AvgIpc) is 2.96. The Hall–Kier alpha value is -0.0100. The summed E-state index contributed by atoms with van der Waals surface area (Å²) in [7, 11) is 0. The summed E-state index contributed by atoms with van der Waals surface area (Å²) < 4.78 is 3.71. The number of aliphatic hydroxyl groups excluding tert-OH is 1. The highest BCUT2D eigenvalue weighted by atomic mass is 79.9. The van der Waals surface area contributed by atoms with Gasteiger partial charge in [0.2, 0.25) is 0 Å². The molecule has 0 fully saturated rings. The van der Waals surface area contributed by atoms with Crippen LogP contribution in [0.2, 0.25) is 0 Å². The molecule has 2 aromatic carbocycles. The smallest absolute Gasteiger partial charge is 0.117 e. The SMILES string of the molecule is OC(C1=Nc2c(Br)c(Br)c(Br)c(Br)c2C1)c1ccccc1. The molecule has 0 saturated heterocycles. The lowest BCUT2D eigenvalue weighted by atomic mass is 10.0. The van der Waals surface area contributed by atoms with E-state index in [1.807, 2.05) is 30.3 Å². The molecular formula is C15H9Br4NO. The minimum absolute atomic E-state index is 0.621. The summed E-state index contributed by atoms with van der Waals surface area (Å²) in [4.78, 5) is 4.63. The maximum absolute atomic E-state index is 10.5. The average molecular weight is 539 g/mol. The third-order valence-electron chi connectivity index (χ3n) is 3.38. The van der Waals surface area contributed by atoms with Crippen molar-refractivity contribution in [3.05, 3.63) is 59.3 Å². The first-order valence-corrected chi connectivity index (χ1v) is 9.33. The van der Waals surface area contributed by atoms with Gasteiger partial charge in [0.15, 0.2) is 0 Å². The molecule has 2 nitrogen and oxygen atoms in total. The van der Waals surface area contributed by atoms with E-state index in [0.717, 1.165) is 40.4 Å². The van der Waals surface area contributed by atoms with Crippen LogP contribution < -0.4 is 0 Å². The van der Waals surface area contributed by atoms with E-state index in [9.17, 15) is 5.11 Å². The van der Waals surface area contributed by atoms with Crippen LogP contribution in [0.1, 0.15) is 17.2 Å². The molecule has 1 heterocycles. The zero-order valence-electron chi connectivity index (χ0n) is 10.6. The number of benzene rings is 2. The van der Waals surface area contributed by atoms with Gasteiger partial charge in [-0.15, -0.1) is 0 Å². The fourth-order valence-corrected chi connectivity index (χ4v) is 4.70. The van der Waals surface area contributed by atoms with Crippen LogP contribution in [-0.4, -0.2) is 10.8 Å². The van der Waals surface area contributed by atoms with Crippen LogP contribution in [0.15, 0.2) is 53.2 Å². The lowest BCUT2D eigenvalue weighted by molar-refractivity contribution is 0.246. The van der Waals surface area contributed by atoms with Crippen LogP contribution in [0, 0.1) is 0 Å². The summed E-state index contributed by atoms with van der Waals surface area (Å²) in [5, 5.41) is 10.5. The number of aliphatic hydroxyl groups is 1. The molecule has 1 aliphatic heterocycles. The lowest BCUT2D eigenvalue weighted by Gasteiger charge is -2.11. The molecule has 0 spiro atoms. The molecule has 0 aromatic heterocycles. The van der Waals surface area contributed by atoms with Crippen molar-refractivity contribution in [3.8, 4) is 0 Å². The highest BCUT2D eigenvalue weighted by molar-refractivity contribution is 9.15. The van der Waals surface area contributed by atoms with E-state index in [1.54, 1.807) is 0 Å². The molecule has 0 aliphatic carbocycles. The third kappa shape index (κ3) is 2.81. The number of rotatable bonds is 2. The first-order valence-electron chi connectivity index (χ1n) is 6.16. The fourth-order valence-electron chi connectivity index (χ4n) is 2.29. The normalized spacial score (nSPS) is 14.8. The van der Waals surface area contributed by atoms with Gasteiger partial charge in [-0.05, 0) is 69.3 Å². The Bertz CT molecular complexity index is 743. The zero-order valence-corrected chi connectivity index (χ0v) is 16.9.